The normalized spacial score (nSPS) is 18.7. The van der Waals surface area contributed by atoms with E-state index in [1.54, 1.807) is 6.33 Å². The van der Waals surface area contributed by atoms with Crippen molar-refractivity contribution in [1.82, 2.24) is 9.97 Å². The lowest BCUT2D eigenvalue weighted by atomic mass is 9.80. The predicted octanol–water partition coefficient (Wildman–Crippen LogP) is 2.84. The SMILES string of the molecule is CC(Nc1cc(Br)ncn1)C1CCC1. The van der Waals surface area contributed by atoms with Gasteiger partial charge in [-0.3, -0.25) is 0 Å². The summed E-state index contributed by atoms with van der Waals surface area (Å²) in [5, 5.41) is 3.40. The molecule has 1 aliphatic carbocycles. The molecule has 2 rings (SSSR count). The van der Waals surface area contributed by atoms with E-state index < -0.39 is 0 Å². The monoisotopic (exact) mass is 255 g/mol. The van der Waals surface area contributed by atoms with Gasteiger partial charge >= 0.3 is 0 Å². The summed E-state index contributed by atoms with van der Waals surface area (Å²) in [7, 11) is 0. The highest BCUT2D eigenvalue weighted by molar-refractivity contribution is 9.10. The highest BCUT2D eigenvalue weighted by Gasteiger charge is 2.23. The van der Waals surface area contributed by atoms with Crippen LogP contribution in [-0.4, -0.2) is 16.0 Å². The van der Waals surface area contributed by atoms with Crippen molar-refractivity contribution in [2.45, 2.75) is 32.2 Å². The number of aromatic nitrogens is 2. The van der Waals surface area contributed by atoms with Crippen LogP contribution in [0.3, 0.4) is 0 Å². The fraction of sp³-hybridized carbons (Fsp3) is 0.600. The van der Waals surface area contributed by atoms with E-state index in [1.165, 1.54) is 19.3 Å². The zero-order valence-electron chi connectivity index (χ0n) is 8.20. The Hall–Kier alpha value is -0.640. The van der Waals surface area contributed by atoms with E-state index in [0.717, 1.165) is 16.3 Å². The number of anilines is 1. The third kappa shape index (κ3) is 2.23. The molecule has 1 saturated carbocycles. The van der Waals surface area contributed by atoms with Gasteiger partial charge in [-0.1, -0.05) is 6.42 Å². The van der Waals surface area contributed by atoms with Crippen LogP contribution in [-0.2, 0) is 0 Å². The third-order valence-electron chi connectivity index (χ3n) is 2.87. The number of halogens is 1. The maximum Gasteiger partial charge on any atom is 0.130 e. The summed E-state index contributed by atoms with van der Waals surface area (Å²) in [4.78, 5) is 8.16. The summed E-state index contributed by atoms with van der Waals surface area (Å²) in [5.41, 5.74) is 0. The molecule has 0 saturated heterocycles. The lowest BCUT2D eigenvalue weighted by Gasteiger charge is -2.32. The van der Waals surface area contributed by atoms with Crippen molar-refractivity contribution < 1.29 is 0 Å². The van der Waals surface area contributed by atoms with Crippen LogP contribution in [0.5, 0.6) is 0 Å². The van der Waals surface area contributed by atoms with Crippen molar-refractivity contribution in [3.05, 3.63) is 17.0 Å². The molecule has 1 aromatic rings. The van der Waals surface area contributed by atoms with E-state index in [1.807, 2.05) is 6.07 Å². The molecule has 0 amide bonds. The molecule has 0 aliphatic heterocycles. The zero-order chi connectivity index (χ0) is 9.97. The third-order valence-corrected chi connectivity index (χ3v) is 3.30. The van der Waals surface area contributed by atoms with E-state index in [0.29, 0.717) is 6.04 Å². The number of hydrogen-bond donors (Lipinski definition) is 1. The molecule has 76 valence electrons. The summed E-state index contributed by atoms with van der Waals surface area (Å²) < 4.78 is 0.829. The van der Waals surface area contributed by atoms with Crippen LogP contribution >= 0.6 is 15.9 Å². The lowest BCUT2D eigenvalue weighted by molar-refractivity contribution is 0.285. The van der Waals surface area contributed by atoms with E-state index in [9.17, 15) is 0 Å². The average molecular weight is 256 g/mol. The molecule has 1 aliphatic rings. The van der Waals surface area contributed by atoms with Crippen molar-refractivity contribution in [1.29, 1.82) is 0 Å². The van der Waals surface area contributed by atoms with Crippen molar-refractivity contribution in [2.24, 2.45) is 5.92 Å². The smallest absolute Gasteiger partial charge is 0.130 e. The van der Waals surface area contributed by atoms with Crippen molar-refractivity contribution >= 4 is 21.7 Å². The molecular formula is C10H14BrN3. The fourth-order valence-corrected chi connectivity index (χ4v) is 2.01. The molecular weight excluding hydrogens is 242 g/mol. The van der Waals surface area contributed by atoms with Gasteiger partial charge in [-0.15, -0.1) is 0 Å². The molecule has 0 bridgehead atoms. The summed E-state index contributed by atoms with van der Waals surface area (Å²) in [6.07, 6.45) is 5.64. The Labute approximate surface area is 92.5 Å². The van der Waals surface area contributed by atoms with Crippen LogP contribution in [0, 0.1) is 5.92 Å². The van der Waals surface area contributed by atoms with Gasteiger partial charge < -0.3 is 5.32 Å². The summed E-state index contributed by atoms with van der Waals surface area (Å²) >= 11 is 3.33. The minimum absolute atomic E-state index is 0.519. The predicted molar refractivity (Wildman–Crippen MR) is 60.2 cm³/mol. The number of hydrogen-bond acceptors (Lipinski definition) is 3. The van der Waals surface area contributed by atoms with Crippen molar-refractivity contribution in [3.63, 3.8) is 0 Å². The van der Waals surface area contributed by atoms with E-state index in [-0.39, 0.29) is 0 Å². The minimum atomic E-state index is 0.519. The van der Waals surface area contributed by atoms with Crippen LogP contribution in [0.4, 0.5) is 5.82 Å². The molecule has 0 aromatic carbocycles. The first kappa shape index (κ1) is 9.90. The summed E-state index contributed by atoms with van der Waals surface area (Å²) in [6.45, 7) is 2.22. The average Bonchev–Trinajstić information content (AvgIpc) is 1.99. The maximum absolute atomic E-state index is 4.17. The molecule has 0 spiro atoms. The minimum Gasteiger partial charge on any atom is -0.367 e. The molecule has 1 N–H and O–H groups in total. The van der Waals surface area contributed by atoms with Crippen LogP contribution in [0.25, 0.3) is 0 Å². The summed E-state index contributed by atoms with van der Waals surface area (Å²) in [5.74, 6) is 1.73. The van der Waals surface area contributed by atoms with Gasteiger partial charge in [0.2, 0.25) is 0 Å². The molecule has 4 heteroatoms. The second kappa shape index (κ2) is 4.26. The Morgan fingerprint density at radius 1 is 1.50 bits per heavy atom. The molecule has 1 aromatic heterocycles. The number of rotatable bonds is 3. The zero-order valence-corrected chi connectivity index (χ0v) is 9.79. The van der Waals surface area contributed by atoms with Crippen molar-refractivity contribution in [2.75, 3.05) is 5.32 Å². The largest absolute Gasteiger partial charge is 0.367 e. The molecule has 1 unspecified atom stereocenters. The molecule has 14 heavy (non-hydrogen) atoms. The van der Waals surface area contributed by atoms with Gasteiger partial charge in [0, 0.05) is 12.1 Å². The van der Waals surface area contributed by atoms with Crippen LogP contribution < -0.4 is 5.32 Å². The van der Waals surface area contributed by atoms with E-state index in [2.05, 4.69) is 38.1 Å². The van der Waals surface area contributed by atoms with E-state index >= 15 is 0 Å². The van der Waals surface area contributed by atoms with Gasteiger partial charge in [0.15, 0.2) is 0 Å². The van der Waals surface area contributed by atoms with Crippen LogP contribution in [0.1, 0.15) is 26.2 Å². The topological polar surface area (TPSA) is 37.8 Å². The van der Waals surface area contributed by atoms with Gasteiger partial charge in [-0.2, -0.15) is 0 Å². The first-order valence-electron chi connectivity index (χ1n) is 5.00. The maximum atomic E-state index is 4.17. The first-order chi connectivity index (χ1) is 6.75. The van der Waals surface area contributed by atoms with Gasteiger partial charge in [-0.05, 0) is 41.6 Å². The van der Waals surface area contributed by atoms with Crippen LogP contribution in [0.15, 0.2) is 17.0 Å². The second-order valence-electron chi connectivity index (χ2n) is 3.85. The number of nitrogens with one attached hydrogen (secondary N) is 1. The van der Waals surface area contributed by atoms with Crippen LogP contribution in [0.2, 0.25) is 0 Å². The quantitative estimate of drug-likeness (QED) is 0.845. The summed E-state index contributed by atoms with van der Waals surface area (Å²) in [6, 6.07) is 2.43. The van der Waals surface area contributed by atoms with Gasteiger partial charge in [0.05, 0.1) is 0 Å². The van der Waals surface area contributed by atoms with Crippen molar-refractivity contribution in [3.8, 4) is 0 Å². The Kier molecular flexibility index (Phi) is 3.01. The Balaban J connectivity index is 1.95. The molecule has 3 nitrogen and oxygen atoms in total. The second-order valence-corrected chi connectivity index (χ2v) is 4.66. The van der Waals surface area contributed by atoms with Gasteiger partial charge in [-0.25, -0.2) is 9.97 Å². The lowest BCUT2D eigenvalue weighted by Crippen LogP contribution is -2.31. The Bertz CT molecular complexity index is 312. The van der Waals surface area contributed by atoms with Gasteiger partial charge in [0.1, 0.15) is 16.7 Å². The highest BCUT2D eigenvalue weighted by atomic mass is 79.9. The number of nitrogens with zero attached hydrogens (tertiary/aromatic N) is 2. The Morgan fingerprint density at radius 2 is 2.29 bits per heavy atom. The van der Waals surface area contributed by atoms with E-state index in [4.69, 9.17) is 0 Å². The fourth-order valence-electron chi connectivity index (χ4n) is 1.70. The molecule has 1 heterocycles. The molecule has 0 radical (unpaired) electrons. The standard InChI is InChI=1S/C10H14BrN3/c1-7(8-3-2-4-8)14-10-5-9(11)12-6-13-10/h5-8H,2-4H2,1H3,(H,12,13,14). The molecule has 1 fully saturated rings. The highest BCUT2D eigenvalue weighted by Crippen LogP contribution is 2.30. The van der Waals surface area contributed by atoms with Gasteiger partial charge in [0.25, 0.3) is 0 Å². The molecule has 1 atom stereocenters. The Morgan fingerprint density at radius 3 is 2.86 bits per heavy atom. The first-order valence-corrected chi connectivity index (χ1v) is 5.79.